The molecule has 12 heteroatoms. The molecule has 3 saturated heterocycles. The van der Waals surface area contributed by atoms with E-state index in [0.29, 0.717) is 0 Å². The van der Waals surface area contributed by atoms with Gasteiger partial charge in [0.15, 0.2) is 5.75 Å². The van der Waals surface area contributed by atoms with E-state index >= 15 is 0 Å². The molecule has 1 aromatic rings. The van der Waals surface area contributed by atoms with Crippen molar-refractivity contribution >= 4 is 15.8 Å². The number of hydrogen-bond donors (Lipinski definition) is 0. The summed E-state index contributed by atoms with van der Waals surface area (Å²) in [5.41, 5.74) is 2.64. The van der Waals surface area contributed by atoms with Crippen LogP contribution in [0.1, 0.15) is 49.7 Å². The molecular formula is C20H33F6N3OP2. The number of benzene rings is 1. The van der Waals surface area contributed by atoms with Gasteiger partial charge in [-0.3, -0.25) is 4.52 Å². The Morgan fingerprint density at radius 3 is 1.38 bits per heavy atom. The van der Waals surface area contributed by atoms with Crippen LogP contribution in [0.3, 0.4) is 0 Å². The molecule has 3 fully saturated rings. The van der Waals surface area contributed by atoms with Crippen molar-refractivity contribution in [2.45, 2.75) is 52.4 Å². The van der Waals surface area contributed by atoms with Crippen LogP contribution in [-0.2, 0) is 0 Å². The summed E-state index contributed by atoms with van der Waals surface area (Å²) >= 11 is 0. The van der Waals surface area contributed by atoms with E-state index in [9.17, 15) is 25.2 Å². The molecule has 3 heterocycles. The second-order valence-electron chi connectivity index (χ2n) is 8.74. The van der Waals surface area contributed by atoms with E-state index in [1.54, 1.807) is 0 Å². The van der Waals surface area contributed by atoms with Crippen molar-refractivity contribution in [2.75, 3.05) is 39.3 Å². The third-order valence-corrected chi connectivity index (χ3v) is 9.98. The molecule has 0 N–H and O–H groups in total. The maximum absolute atomic E-state index is 10.7. The van der Waals surface area contributed by atoms with Crippen molar-refractivity contribution in [3.05, 3.63) is 29.3 Å². The molecule has 0 unspecified atom stereocenters. The van der Waals surface area contributed by atoms with Crippen molar-refractivity contribution < 1.29 is 29.7 Å². The van der Waals surface area contributed by atoms with Gasteiger partial charge in [-0.05, 0) is 69.6 Å². The zero-order valence-corrected chi connectivity index (χ0v) is 20.4. The van der Waals surface area contributed by atoms with Gasteiger partial charge in [0.1, 0.15) is 0 Å². The van der Waals surface area contributed by atoms with Gasteiger partial charge in [0.05, 0.1) is 0 Å². The normalized spacial score (nSPS) is 23.5. The van der Waals surface area contributed by atoms with Crippen LogP contribution < -0.4 is 4.52 Å². The molecule has 0 atom stereocenters. The fourth-order valence-corrected chi connectivity index (χ4v) is 8.84. The van der Waals surface area contributed by atoms with Crippen LogP contribution in [0.5, 0.6) is 5.75 Å². The Balaban J connectivity index is 0.000000360. The minimum atomic E-state index is -10.7. The number of rotatable bonds is 5. The predicted octanol–water partition coefficient (Wildman–Crippen LogP) is 8.03. The number of nitrogens with zero attached hydrogens (tertiary/aromatic N) is 3. The molecule has 3 aliphatic rings. The number of halogens is 6. The van der Waals surface area contributed by atoms with E-state index in [1.807, 2.05) is 0 Å². The van der Waals surface area contributed by atoms with Gasteiger partial charge in [-0.1, -0.05) is 12.1 Å². The quantitative estimate of drug-likeness (QED) is 0.297. The Hall–Kier alpha value is -0.660. The zero-order chi connectivity index (χ0) is 23.7. The van der Waals surface area contributed by atoms with E-state index in [-0.39, 0.29) is 0 Å². The first-order valence-corrected chi connectivity index (χ1v) is 14.7. The fourth-order valence-electron chi connectivity index (χ4n) is 4.55. The summed E-state index contributed by atoms with van der Waals surface area (Å²) in [6, 6.07) is 6.55. The van der Waals surface area contributed by atoms with Crippen LogP contribution in [0, 0.1) is 13.8 Å². The van der Waals surface area contributed by atoms with Crippen LogP contribution in [0.25, 0.3) is 0 Å². The van der Waals surface area contributed by atoms with Gasteiger partial charge in [-0.2, -0.15) is 0 Å². The maximum atomic E-state index is 9.87. The van der Waals surface area contributed by atoms with Crippen molar-refractivity contribution in [3.63, 3.8) is 0 Å². The molecule has 186 valence electrons. The molecule has 0 bridgehead atoms. The standard InChI is InChI=1S/C20H33N3OP.F6P/c1-18-10-9-11-20(19(18)2)24-25(21-12-3-4-13-21,22-14-5-6-15-22)23-16-7-8-17-23;1-7(2,3,4,5)6/h9-11H,3-8,12-17H2,1-2H3;/q+1;-1. The Bertz CT molecular complexity index is 738. The van der Waals surface area contributed by atoms with E-state index in [2.05, 4.69) is 46.1 Å². The van der Waals surface area contributed by atoms with Crippen LogP contribution >= 0.6 is 15.8 Å². The summed E-state index contributed by atoms with van der Waals surface area (Å²) in [4.78, 5) is 0. The predicted molar refractivity (Wildman–Crippen MR) is 119 cm³/mol. The van der Waals surface area contributed by atoms with Crippen molar-refractivity contribution in [1.82, 2.24) is 14.0 Å². The molecule has 0 saturated carbocycles. The van der Waals surface area contributed by atoms with E-state index in [0.717, 1.165) is 5.75 Å². The molecule has 0 aromatic heterocycles. The summed E-state index contributed by atoms with van der Waals surface area (Å²) in [5.74, 6) is 1.11. The van der Waals surface area contributed by atoms with Gasteiger partial charge in [0, 0.05) is 39.3 Å². The fraction of sp³-hybridized carbons (Fsp3) is 0.700. The second kappa shape index (κ2) is 8.84. The van der Waals surface area contributed by atoms with Crippen LogP contribution in [0.2, 0.25) is 0 Å². The summed E-state index contributed by atoms with van der Waals surface area (Å²) in [7, 11) is -12.6. The van der Waals surface area contributed by atoms with Gasteiger partial charge in [0.2, 0.25) is 0 Å². The van der Waals surface area contributed by atoms with Crippen molar-refractivity contribution in [3.8, 4) is 5.75 Å². The summed E-state index contributed by atoms with van der Waals surface area (Å²) in [6.45, 7) is 11.6. The Morgan fingerprint density at radius 2 is 1.03 bits per heavy atom. The van der Waals surface area contributed by atoms with Gasteiger partial charge >= 0.3 is 40.9 Å². The zero-order valence-electron chi connectivity index (χ0n) is 18.6. The number of hydrogen-bond acceptors (Lipinski definition) is 4. The molecule has 0 aliphatic carbocycles. The molecule has 1 aromatic carbocycles. The second-order valence-corrected chi connectivity index (χ2v) is 13.6. The molecule has 0 radical (unpaired) electrons. The minimum absolute atomic E-state index is 1.11. The number of aryl methyl sites for hydroxylation is 1. The summed E-state index contributed by atoms with van der Waals surface area (Å²) in [6.07, 6.45) is 7.91. The van der Waals surface area contributed by atoms with Crippen molar-refractivity contribution in [2.24, 2.45) is 0 Å². The summed E-state index contributed by atoms with van der Waals surface area (Å²) < 4.78 is 74.6. The van der Waals surface area contributed by atoms with E-state index in [4.69, 9.17) is 4.52 Å². The summed E-state index contributed by atoms with van der Waals surface area (Å²) in [5, 5.41) is 0. The van der Waals surface area contributed by atoms with E-state index in [1.165, 1.54) is 88.9 Å². The first kappa shape index (κ1) is 26.0. The molecular weight excluding hydrogens is 474 g/mol. The van der Waals surface area contributed by atoms with E-state index < -0.39 is 15.8 Å². The average molecular weight is 507 g/mol. The topological polar surface area (TPSA) is 19.0 Å². The average Bonchev–Trinajstić information content (AvgIpc) is 3.43. The third-order valence-electron chi connectivity index (χ3n) is 6.13. The Morgan fingerprint density at radius 1 is 0.688 bits per heavy atom. The van der Waals surface area contributed by atoms with Gasteiger partial charge in [-0.15, -0.1) is 14.0 Å². The molecule has 0 amide bonds. The molecule has 0 spiro atoms. The Labute approximate surface area is 186 Å². The van der Waals surface area contributed by atoms with Gasteiger partial charge in [0.25, 0.3) is 0 Å². The third kappa shape index (κ3) is 7.17. The first-order valence-electron chi connectivity index (χ1n) is 11.1. The molecule has 4 rings (SSSR count). The molecule has 4 nitrogen and oxygen atoms in total. The van der Waals surface area contributed by atoms with Gasteiger partial charge < -0.3 is 0 Å². The van der Waals surface area contributed by atoms with Gasteiger partial charge in [-0.25, -0.2) is 0 Å². The molecule has 3 aliphatic heterocycles. The molecule has 32 heavy (non-hydrogen) atoms. The SMILES string of the molecule is Cc1cccc(O[P+](N2CCCC2)(N2CCCC2)N2CCCC2)c1C.F[P-](F)(F)(F)(F)F. The van der Waals surface area contributed by atoms with Crippen molar-refractivity contribution in [1.29, 1.82) is 0 Å². The van der Waals surface area contributed by atoms with Crippen LogP contribution in [0.15, 0.2) is 18.2 Å². The van der Waals surface area contributed by atoms with Crippen LogP contribution in [-0.4, -0.2) is 53.3 Å². The first-order chi connectivity index (χ1) is 14.7. The van der Waals surface area contributed by atoms with Crippen LogP contribution in [0.4, 0.5) is 25.2 Å². The monoisotopic (exact) mass is 507 g/mol. The Kier molecular flexibility index (Phi) is 7.17.